The second kappa shape index (κ2) is 21.1. The Morgan fingerprint density at radius 3 is 1.36 bits per heavy atom. The fraction of sp³-hybridized carbons (Fsp3) is 0.870. The van der Waals surface area contributed by atoms with Gasteiger partial charge < -0.3 is 5.11 Å². The molecule has 0 aliphatic rings. The Morgan fingerprint density at radius 1 is 0.600 bits per heavy atom. The molecule has 0 radical (unpaired) electrons. The first-order valence-corrected chi connectivity index (χ1v) is 10.9. The van der Waals surface area contributed by atoms with E-state index in [1.807, 2.05) is 0 Å². The molecule has 0 aromatic rings. The molecule has 2 heteroatoms. The van der Waals surface area contributed by atoms with Gasteiger partial charge in [-0.2, -0.15) is 0 Å². The molecule has 25 heavy (non-hydrogen) atoms. The van der Waals surface area contributed by atoms with E-state index in [1.165, 1.54) is 89.9 Å². The van der Waals surface area contributed by atoms with Crippen molar-refractivity contribution in [1.82, 2.24) is 0 Å². The fourth-order valence-corrected chi connectivity index (χ4v) is 3.07. The van der Waals surface area contributed by atoms with Crippen LogP contribution in [-0.2, 0) is 4.79 Å². The van der Waals surface area contributed by atoms with E-state index in [1.54, 1.807) is 0 Å². The highest BCUT2D eigenvalue weighted by Gasteiger charge is 1.96. The van der Waals surface area contributed by atoms with Crippen molar-refractivity contribution in [3.05, 3.63) is 0 Å². The van der Waals surface area contributed by atoms with E-state index in [9.17, 15) is 4.79 Å². The minimum atomic E-state index is -0.663. The standard InChI is InChI=1S/C23H42O2/c1-2-3-4-5-6-7-8-9-10-11-12-13-14-15-16-17-18-19-20-21-22-23(24)25/h2-10,13-22H2,1H3,(H,24,25). The summed E-state index contributed by atoms with van der Waals surface area (Å²) >= 11 is 0. The van der Waals surface area contributed by atoms with Crippen LogP contribution in [0.5, 0.6) is 0 Å². The lowest BCUT2D eigenvalue weighted by molar-refractivity contribution is -0.137. The van der Waals surface area contributed by atoms with Crippen molar-refractivity contribution in [2.24, 2.45) is 0 Å². The van der Waals surface area contributed by atoms with E-state index in [-0.39, 0.29) is 0 Å². The summed E-state index contributed by atoms with van der Waals surface area (Å²) in [6.45, 7) is 2.27. The van der Waals surface area contributed by atoms with E-state index in [4.69, 9.17) is 5.11 Å². The molecule has 0 aliphatic carbocycles. The molecule has 0 aromatic heterocycles. The predicted octanol–water partition coefficient (Wildman–Crippen LogP) is 7.51. The zero-order chi connectivity index (χ0) is 18.4. The fourth-order valence-electron chi connectivity index (χ4n) is 3.07. The van der Waals surface area contributed by atoms with Gasteiger partial charge in [-0.05, 0) is 19.3 Å². The summed E-state index contributed by atoms with van der Waals surface area (Å²) in [5.41, 5.74) is 0. The third-order valence-corrected chi connectivity index (χ3v) is 4.72. The van der Waals surface area contributed by atoms with Crippen LogP contribution < -0.4 is 0 Å². The summed E-state index contributed by atoms with van der Waals surface area (Å²) in [5.74, 6) is 6.00. The van der Waals surface area contributed by atoms with Gasteiger partial charge in [0.05, 0.1) is 0 Å². The number of carboxylic acids is 1. The Labute approximate surface area is 157 Å². The van der Waals surface area contributed by atoms with Crippen molar-refractivity contribution in [3.63, 3.8) is 0 Å². The van der Waals surface area contributed by atoms with Crippen LogP contribution in [0.15, 0.2) is 0 Å². The lowest BCUT2D eigenvalue weighted by Crippen LogP contribution is -1.93. The van der Waals surface area contributed by atoms with Crippen molar-refractivity contribution < 1.29 is 9.90 Å². The number of aliphatic carboxylic acids is 1. The highest BCUT2D eigenvalue weighted by molar-refractivity contribution is 5.66. The first-order chi connectivity index (χ1) is 12.3. The first kappa shape index (κ1) is 24.0. The molecule has 1 N–H and O–H groups in total. The molecule has 0 atom stereocenters. The molecular weight excluding hydrogens is 308 g/mol. The summed E-state index contributed by atoms with van der Waals surface area (Å²) in [5, 5.41) is 8.55. The maximum absolute atomic E-state index is 10.4. The zero-order valence-electron chi connectivity index (χ0n) is 16.8. The van der Waals surface area contributed by atoms with E-state index < -0.39 is 5.97 Å². The van der Waals surface area contributed by atoms with Gasteiger partial charge in [-0.15, -0.1) is 11.8 Å². The topological polar surface area (TPSA) is 37.3 Å². The van der Waals surface area contributed by atoms with E-state index in [0.29, 0.717) is 6.42 Å². The summed E-state index contributed by atoms with van der Waals surface area (Å²) in [7, 11) is 0. The van der Waals surface area contributed by atoms with Crippen LogP contribution in [0.3, 0.4) is 0 Å². The molecule has 2 nitrogen and oxygen atoms in total. The molecule has 146 valence electrons. The number of hydrogen-bond donors (Lipinski definition) is 1. The maximum Gasteiger partial charge on any atom is 0.303 e. The maximum atomic E-state index is 10.4. The highest BCUT2D eigenvalue weighted by atomic mass is 16.4. The molecule has 0 heterocycles. The Balaban J connectivity index is 3.11. The normalized spacial score (nSPS) is 10.4. The molecule has 0 saturated heterocycles. The van der Waals surface area contributed by atoms with Crippen LogP contribution in [0.2, 0.25) is 0 Å². The first-order valence-electron chi connectivity index (χ1n) is 10.9. The summed E-state index contributed by atoms with van der Waals surface area (Å²) in [4.78, 5) is 10.4. The third kappa shape index (κ3) is 23.0. The van der Waals surface area contributed by atoms with Gasteiger partial charge in [-0.25, -0.2) is 0 Å². The molecular formula is C23H42O2. The molecule has 0 fully saturated rings. The minimum absolute atomic E-state index is 0.331. The van der Waals surface area contributed by atoms with Gasteiger partial charge in [0, 0.05) is 19.3 Å². The largest absolute Gasteiger partial charge is 0.481 e. The van der Waals surface area contributed by atoms with E-state index >= 15 is 0 Å². The monoisotopic (exact) mass is 350 g/mol. The SMILES string of the molecule is CCCCCCCCCCC#CCCCCCCCCCCC(=O)O. The van der Waals surface area contributed by atoms with Gasteiger partial charge in [0.2, 0.25) is 0 Å². The van der Waals surface area contributed by atoms with Crippen molar-refractivity contribution in [2.45, 2.75) is 129 Å². The second-order valence-corrected chi connectivity index (χ2v) is 7.30. The molecule has 0 unspecified atom stereocenters. The Hall–Kier alpha value is -0.970. The molecule has 0 bridgehead atoms. The van der Waals surface area contributed by atoms with Crippen molar-refractivity contribution >= 4 is 5.97 Å². The van der Waals surface area contributed by atoms with Gasteiger partial charge in [-0.1, -0.05) is 90.4 Å². The Kier molecular flexibility index (Phi) is 20.3. The number of rotatable bonds is 18. The molecule has 0 spiro atoms. The smallest absolute Gasteiger partial charge is 0.303 e. The van der Waals surface area contributed by atoms with Crippen molar-refractivity contribution in [1.29, 1.82) is 0 Å². The highest BCUT2D eigenvalue weighted by Crippen LogP contribution is 2.11. The van der Waals surface area contributed by atoms with Crippen LogP contribution in [0.1, 0.15) is 129 Å². The number of carbonyl (C=O) groups is 1. The van der Waals surface area contributed by atoms with Gasteiger partial charge in [-0.3, -0.25) is 4.79 Å². The van der Waals surface area contributed by atoms with Crippen LogP contribution in [0.25, 0.3) is 0 Å². The second-order valence-electron chi connectivity index (χ2n) is 7.30. The summed E-state index contributed by atoms with van der Waals surface area (Å²) in [6.07, 6.45) is 23.0. The molecule has 0 saturated carbocycles. The summed E-state index contributed by atoms with van der Waals surface area (Å²) in [6, 6.07) is 0. The van der Waals surface area contributed by atoms with Crippen LogP contribution in [0, 0.1) is 11.8 Å². The van der Waals surface area contributed by atoms with Crippen LogP contribution in [0.4, 0.5) is 0 Å². The average Bonchev–Trinajstić information content (AvgIpc) is 2.60. The predicted molar refractivity (Wildman–Crippen MR) is 109 cm³/mol. The quantitative estimate of drug-likeness (QED) is 0.205. The number of unbranched alkanes of at least 4 members (excludes halogenated alkanes) is 16. The number of carboxylic acid groups (broad SMARTS) is 1. The lowest BCUT2D eigenvalue weighted by Gasteiger charge is -2.00. The van der Waals surface area contributed by atoms with Gasteiger partial charge >= 0.3 is 5.97 Å². The Bertz CT molecular complexity index is 338. The molecule has 0 amide bonds. The third-order valence-electron chi connectivity index (χ3n) is 4.72. The Morgan fingerprint density at radius 2 is 0.960 bits per heavy atom. The number of hydrogen-bond acceptors (Lipinski definition) is 1. The van der Waals surface area contributed by atoms with Crippen molar-refractivity contribution in [3.8, 4) is 11.8 Å². The molecule has 0 aromatic carbocycles. The molecule has 0 aliphatic heterocycles. The summed E-state index contributed by atoms with van der Waals surface area (Å²) < 4.78 is 0. The average molecular weight is 351 g/mol. The van der Waals surface area contributed by atoms with Crippen LogP contribution >= 0.6 is 0 Å². The van der Waals surface area contributed by atoms with E-state index in [0.717, 1.165) is 25.7 Å². The lowest BCUT2D eigenvalue weighted by atomic mass is 10.1. The van der Waals surface area contributed by atoms with Crippen LogP contribution in [-0.4, -0.2) is 11.1 Å². The zero-order valence-corrected chi connectivity index (χ0v) is 16.8. The minimum Gasteiger partial charge on any atom is -0.481 e. The van der Waals surface area contributed by atoms with Gasteiger partial charge in [0.1, 0.15) is 0 Å². The molecule has 0 rings (SSSR count). The van der Waals surface area contributed by atoms with Gasteiger partial charge in [0.15, 0.2) is 0 Å². The van der Waals surface area contributed by atoms with Gasteiger partial charge in [0.25, 0.3) is 0 Å². The van der Waals surface area contributed by atoms with E-state index in [2.05, 4.69) is 18.8 Å². The van der Waals surface area contributed by atoms with Crippen molar-refractivity contribution in [2.75, 3.05) is 0 Å².